The molecule has 152 valence electrons. The predicted molar refractivity (Wildman–Crippen MR) is 111 cm³/mol. The van der Waals surface area contributed by atoms with Crippen LogP contribution in [0.5, 0.6) is 5.75 Å². The van der Waals surface area contributed by atoms with E-state index in [0.717, 1.165) is 36.3 Å². The summed E-state index contributed by atoms with van der Waals surface area (Å²) in [5, 5.41) is 3.96. The highest BCUT2D eigenvalue weighted by Crippen LogP contribution is 2.28. The van der Waals surface area contributed by atoms with Crippen molar-refractivity contribution in [1.82, 2.24) is 15.1 Å². The maximum Gasteiger partial charge on any atom is 0.327 e. The second-order valence-electron chi connectivity index (χ2n) is 7.45. The topological polar surface area (TPSA) is 61.9 Å². The molecule has 0 radical (unpaired) electrons. The van der Waals surface area contributed by atoms with E-state index in [2.05, 4.69) is 5.32 Å². The highest BCUT2D eigenvalue weighted by atomic mass is 35.5. The number of hydrogen-bond donors (Lipinski definition) is 1. The van der Waals surface area contributed by atoms with E-state index in [4.69, 9.17) is 16.3 Å². The molecule has 0 aromatic heterocycles. The van der Waals surface area contributed by atoms with E-state index in [1.807, 2.05) is 53.4 Å². The number of methoxy groups -OCH3 is 1. The van der Waals surface area contributed by atoms with E-state index >= 15 is 0 Å². The third kappa shape index (κ3) is 4.09. The summed E-state index contributed by atoms with van der Waals surface area (Å²) in [5.74, 6) is 0.583. The number of nitrogens with one attached hydrogen (secondary N) is 1. The largest absolute Gasteiger partial charge is 0.497 e. The summed E-state index contributed by atoms with van der Waals surface area (Å²) in [4.78, 5) is 29.6. The van der Waals surface area contributed by atoms with Gasteiger partial charge in [0, 0.05) is 11.6 Å². The van der Waals surface area contributed by atoms with Gasteiger partial charge in [-0.2, -0.15) is 0 Å². The Kier molecular flexibility index (Phi) is 5.74. The third-order valence-corrected chi connectivity index (χ3v) is 5.81. The van der Waals surface area contributed by atoms with Gasteiger partial charge in [0.1, 0.15) is 11.8 Å². The van der Waals surface area contributed by atoms with Crippen molar-refractivity contribution in [2.45, 2.75) is 38.0 Å². The van der Waals surface area contributed by atoms with Gasteiger partial charge in [0.05, 0.1) is 19.7 Å². The minimum atomic E-state index is -0.376. The van der Waals surface area contributed by atoms with Crippen molar-refractivity contribution in [2.75, 3.05) is 13.7 Å². The van der Waals surface area contributed by atoms with E-state index in [-0.39, 0.29) is 30.6 Å². The van der Waals surface area contributed by atoms with Crippen molar-refractivity contribution in [3.63, 3.8) is 0 Å². The van der Waals surface area contributed by atoms with Crippen LogP contribution in [0.4, 0.5) is 4.79 Å². The molecule has 2 heterocycles. The van der Waals surface area contributed by atoms with E-state index in [0.29, 0.717) is 11.6 Å². The summed E-state index contributed by atoms with van der Waals surface area (Å²) < 4.78 is 5.19. The molecule has 1 N–H and O–H groups in total. The smallest absolute Gasteiger partial charge is 0.327 e. The minimum Gasteiger partial charge on any atom is -0.497 e. The first kappa shape index (κ1) is 19.7. The summed E-state index contributed by atoms with van der Waals surface area (Å²) in [7, 11) is 1.61. The van der Waals surface area contributed by atoms with Crippen LogP contribution in [0.15, 0.2) is 48.5 Å². The van der Waals surface area contributed by atoms with Crippen LogP contribution in [0.25, 0.3) is 0 Å². The fourth-order valence-electron chi connectivity index (χ4n) is 4.09. The number of amides is 3. The zero-order valence-electron chi connectivity index (χ0n) is 16.3. The van der Waals surface area contributed by atoms with Gasteiger partial charge in [-0.15, -0.1) is 0 Å². The van der Waals surface area contributed by atoms with Crippen molar-refractivity contribution >= 4 is 23.5 Å². The van der Waals surface area contributed by atoms with Crippen molar-refractivity contribution in [3.05, 3.63) is 64.7 Å². The van der Waals surface area contributed by atoms with E-state index in [1.54, 1.807) is 7.11 Å². The van der Waals surface area contributed by atoms with Crippen molar-refractivity contribution in [3.8, 4) is 5.75 Å². The lowest BCUT2D eigenvalue weighted by molar-refractivity contribution is -0.137. The van der Waals surface area contributed by atoms with Crippen LogP contribution in [0, 0.1) is 0 Å². The fourth-order valence-corrected chi connectivity index (χ4v) is 4.31. The van der Waals surface area contributed by atoms with Crippen LogP contribution in [-0.4, -0.2) is 47.5 Å². The quantitative estimate of drug-likeness (QED) is 0.815. The zero-order chi connectivity index (χ0) is 20.4. The monoisotopic (exact) mass is 413 g/mol. The van der Waals surface area contributed by atoms with Crippen molar-refractivity contribution < 1.29 is 14.3 Å². The molecular weight excluding hydrogens is 390 g/mol. The first-order chi connectivity index (χ1) is 14.1. The molecule has 2 aromatic rings. The summed E-state index contributed by atoms with van der Waals surface area (Å²) in [5.41, 5.74) is 1.83. The lowest BCUT2D eigenvalue weighted by Crippen LogP contribution is -2.68. The maximum absolute atomic E-state index is 13.4. The van der Waals surface area contributed by atoms with Gasteiger partial charge in [-0.3, -0.25) is 9.69 Å². The number of ether oxygens (including phenoxy) is 1. The van der Waals surface area contributed by atoms with Crippen LogP contribution < -0.4 is 10.1 Å². The number of carbonyl (C=O) groups is 2. The molecule has 2 fully saturated rings. The Morgan fingerprint density at radius 1 is 1.10 bits per heavy atom. The van der Waals surface area contributed by atoms with Gasteiger partial charge in [-0.25, -0.2) is 4.79 Å². The highest BCUT2D eigenvalue weighted by Gasteiger charge is 2.46. The molecule has 0 aliphatic carbocycles. The number of fused-ring (bicyclic) bond motifs is 1. The van der Waals surface area contributed by atoms with Gasteiger partial charge >= 0.3 is 6.03 Å². The molecule has 3 amide bonds. The van der Waals surface area contributed by atoms with Crippen molar-refractivity contribution in [2.24, 2.45) is 0 Å². The number of halogens is 1. The molecular formula is C22H24ClN3O3. The van der Waals surface area contributed by atoms with Crippen LogP contribution in [0.2, 0.25) is 5.02 Å². The van der Waals surface area contributed by atoms with Gasteiger partial charge < -0.3 is 15.0 Å². The molecule has 4 rings (SSSR count). The summed E-state index contributed by atoms with van der Waals surface area (Å²) in [6.45, 7) is 1.44. The first-order valence-corrected chi connectivity index (χ1v) is 10.2. The lowest BCUT2D eigenvalue weighted by atomic mass is 9.93. The zero-order valence-corrected chi connectivity index (χ0v) is 17.1. The lowest BCUT2D eigenvalue weighted by Gasteiger charge is -2.47. The number of nitrogens with zero attached hydrogens (tertiary/aromatic N) is 2. The first-order valence-electron chi connectivity index (χ1n) is 9.79. The number of rotatable bonds is 5. The number of piperidine rings is 1. The molecule has 2 saturated heterocycles. The molecule has 2 aromatic carbocycles. The Morgan fingerprint density at radius 3 is 2.62 bits per heavy atom. The molecule has 6 nitrogen and oxygen atoms in total. The standard InChI is InChI=1S/C22H24ClN3O3/c1-29-18-9-7-15(8-10-18)13-26-21(27)20-19(6-3-11-24-20)25(22(26)28)14-16-4-2-5-17(23)12-16/h2,4-5,7-10,12,19-20,24H,3,6,11,13-14H2,1H3. The molecule has 2 unspecified atom stereocenters. The Bertz CT molecular complexity index is 902. The van der Waals surface area contributed by atoms with E-state index < -0.39 is 0 Å². The number of imide groups is 1. The predicted octanol–water partition coefficient (Wildman–Crippen LogP) is 3.43. The second kappa shape index (κ2) is 8.43. The van der Waals surface area contributed by atoms with Gasteiger partial charge in [0.2, 0.25) is 5.91 Å². The van der Waals surface area contributed by atoms with E-state index in [1.165, 1.54) is 4.90 Å². The number of urea groups is 1. The fraction of sp³-hybridized carbons (Fsp3) is 0.364. The number of carbonyl (C=O) groups excluding carboxylic acids is 2. The van der Waals surface area contributed by atoms with Crippen LogP contribution in [0.1, 0.15) is 24.0 Å². The Hall–Kier alpha value is -2.57. The molecule has 2 aliphatic rings. The maximum atomic E-state index is 13.4. The van der Waals surface area contributed by atoms with Gasteiger partial charge in [-0.05, 0) is 54.8 Å². The normalized spacial score (nSPS) is 21.9. The Morgan fingerprint density at radius 2 is 1.90 bits per heavy atom. The average molecular weight is 414 g/mol. The number of hydrogen-bond acceptors (Lipinski definition) is 4. The van der Waals surface area contributed by atoms with Crippen LogP contribution >= 0.6 is 11.6 Å². The second-order valence-corrected chi connectivity index (χ2v) is 7.89. The summed E-state index contributed by atoms with van der Waals surface area (Å²) in [6, 6.07) is 14.2. The van der Waals surface area contributed by atoms with Crippen LogP contribution in [0.3, 0.4) is 0 Å². The Balaban J connectivity index is 1.60. The van der Waals surface area contributed by atoms with Gasteiger partial charge in [0.25, 0.3) is 0 Å². The van der Waals surface area contributed by atoms with Gasteiger partial charge in [-0.1, -0.05) is 35.9 Å². The third-order valence-electron chi connectivity index (χ3n) is 5.58. The number of benzene rings is 2. The molecule has 0 bridgehead atoms. The van der Waals surface area contributed by atoms with Crippen molar-refractivity contribution in [1.29, 1.82) is 0 Å². The minimum absolute atomic E-state index is 0.144. The molecule has 2 aliphatic heterocycles. The average Bonchev–Trinajstić information content (AvgIpc) is 2.75. The summed E-state index contributed by atoms with van der Waals surface area (Å²) >= 11 is 6.13. The Labute approximate surface area is 175 Å². The molecule has 0 saturated carbocycles. The van der Waals surface area contributed by atoms with E-state index in [9.17, 15) is 9.59 Å². The molecule has 2 atom stereocenters. The highest BCUT2D eigenvalue weighted by molar-refractivity contribution is 6.30. The molecule has 29 heavy (non-hydrogen) atoms. The van der Waals surface area contributed by atoms with Crippen LogP contribution in [-0.2, 0) is 17.9 Å². The molecule has 0 spiro atoms. The summed E-state index contributed by atoms with van der Waals surface area (Å²) in [6.07, 6.45) is 1.75. The molecule has 7 heteroatoms. The SMILES string of the molecule is COc1ccc(CN2C(=O)C3NCCCC3N(Cc3cccc(Cl)c3)C2=O)cc1. The van der Waals surface area contributed by atoms with Gasteiger partial charge in [0.15, 0.2) is 0 Å².